The van der Waals surface area contributed by atoms with Crippen molar-refractivity contribution < 1.29 is 37.4 Å². The Kier molecular flexibility index (Phi) is 9.36. The van der Waals surface area contributed by atoms with Crippen molar-refractivity contribution >= 4 is 27.8 Å². The van der Waals surface area contributed by atoms with Crippen LogP contribution < -0.4 is 10.0 Å². The van der Waals surface area contributed by atoms with Gasteiger partial charge in [-0.1, -0.05) is 31.0 Å². The second-order valence-electron chi connectivity index (χ2n) is 10.4. The molecule has 0 saturated heterocycles. The van der Waals surface area contributed by atoms with Gasteiger partial charge in [-0.2, -0.15) is 0 Å². The molecule has 2 aliphatic carbocycles. The molecule has 10 nitrogen and oxygen atoms in total. The first kappa shape index (κ1) is 29.1. The summed E-state index contributed by atoms with van der Waals surface area (Å²) >= 11 is 0. The lowest BCUT2D eigenvalue weighted by Crippen LogP contribution is -2.52. The van der Waals surface area contributed by atoms with E-state index in [1.54, 1.807) is 25.1 Å². The van der Waals surface area contributed by atoms with Gasteiger partial charge in [0.05, 0.1) is 10.3 Å². The Balaban J connectivity index is 1.59. The molecule has 206 valence electrons. The largest absolute Gasteiger partial charge is 0.479 e. The van der Waals surface area contributed by atoms with E-state index in [-0.39, 0.29) is 23.3 Å². The minimum Gasteiger partial charge on any atom is -0.479 e. The van der Waals surface area contributed by atoms with Crippen LogP contribution in [-0.4, -0.2) is 56.4 Å². The highest BCUT2D eigenvalue weighted by atomic mass is 32.2. The Labute approximate surface area is 218 Å². The van der Waals surface area contributed by atoms with Crippen LogP contribution in [0.15, 0.2) is 35.2 Å². The Morgan fingerprint density at radius 2 is 1.70 bits per heavy atom. The molecule has 0 aromatic heterocycles. The van der Waals surface area contributed by atoms with E-state index in [2.05, 4.69) is 10.0 Å². The highest BCUT2D eigenvalue weighted by molar-refractivity contribution is 7.90. The van der Waals surface area contributed by atoms with E-state index in [0.29, 0.717) is 38.5 Å². The third kappa shape index (κ3) is 7.08. The Hall–Kier alpha value is -2.50. The van der Waals surface area contributed by atoms with Crippen molar-refractivity contribution in [3.05, 3.63) is 30.3 Å². The second kappa shape index (κ2) is 11.9. The monoisotopic (exact) mass is 538 g/mol. The van der Waals surface area contributed by atoms with Gasteiger partial charge in [0.25, 0.3) is 10.0 Å². The summed E-state index contributed by atoms with van der Waals surface area (Å²) in [4.78, 5) is 38.3. The maximum Gasteiger partial charge on any atom is 0.335 e. The van der Waals surface area contributed by atoms with Crippen LogP contribution in [0.4, 0.5) is 0 Å². The van der Waals surface area contributed by atoms with E-state index in [1.165, 1.54) is 26.2 Å². The maximum atomic E-state index is 13.5. The molecule has 1 aromatic rings. The van der Waals surface area contributed by atoms with E-state index in [4.69, 9.17) is 9.47 Å². The molecule has 2 saturated carbocycles. The van der Waals surface area contributed by atoms with Gasteiger partial charge in [0.1, 0.15) is 0 Å². The van der Waals surface area contributed by atoms with Gasteiger partial charge in [-0.15, -0.1) is 0 Å². The van der Waals surface area contributed by atoms with Crippen molar-refractivity contribution in [1.29, 1.82) is 0 Å². The number of carboxylic acid groups (broad SMARTS) is 1. The van der Waals surface area contributed by atoms with Gasteiger partial charge in [-0.05, 0) is 64.5 Å². The summed E-state index contributed by atoms with van der Waals surface area (Å²) in [7, 11) is -2.50. The number of carbonyl (C=O) groups excluding carboxylic acids is 2. The second-order valence-corrected chi connectivity index (χ2v) is 12.1. The SMILES string of the molecule is COC(C)OC(C)(CC1(C(=O)NC2CCC(C(=O)NS(=O)(=O)c3ccccc3)CC2)CCCC1)C(=O)O. The van der Waals surface area contributed by atoms with Crippen LogP contribution in [0.1, 0.15) is 71.6 Å². The maximum absolute atomic E-state index is 13.5. The predicted octanol–water partition coefficient (Wildman–Crippen LogP) is 2.97. The highest BCUT2D eigenvalue weighted by Gasteiger charge is 2.50. The highest BCUT2D eigenvalue weighted by Crippen LogP contribution is 2.46. The van der Waals surface area contributed by atoms with Crippen LogP contribution in [0.2, 0.25) is 0 Å². The van der Waals surface area contributed by atoms with Gasteiger partial charge in [-0.25, -0.2) is 17.9 Å². The zero-order valence-electron chi connectivity index (χ0n) is 21.7. The minimum absolute atomic E-state index is 0.0309. The number of carboxylic acids is 1. The third-order valence-corrected chi connectivity index (χ3v) is 9.01. The standard InChI is InChI=1S/C26H38N2O8S/c1-18(35-3)36-25(2,24(31)32)17-26(15-7-8-16-26)23(30)27-20-13-11-19(12-14-20)22(29)28-37(33,34)21-9-5-4-6-10-21/h4-6,9-10,18-20H,7-8,11-17H2,1-3H3,(H,27,30)(H,28,29)(H,31,32). The lowest BCUT2D eigenvalue weighted by atomic mass is 9.74. The smallest absolute Gasteiger partial charge is 0.335 e. The third-order valence-electron chi connectivity index (χ3n) is 7.65. The van der Waals surface area contributed by atoms with Crippen LogP contribution in [-0.2, 0) is 33.9 Å². The van der Waals surface area contributed by atoms with Gasteiger partial charge in [-0.3, -0.25) is 9.59 Å². The van der Waals surface area contributed by atoms with Gasteiger partial charge >= 0.3 is 5.97 Å². The molecule has 2 atom stereocenters. The fraction of sp³-hybridized carbons (Fsp3) is 0.654. The van der Waals surface area contributed by atoms with Gasteiger partial charge < -0.3 is 19.9 Å². The Bertz CT molecular complexity index is 1060. The van der Waals surface area contributed by atoms with E-state index < -0.39 is 45.1 Å². The number of rotatable bonds is 11. The molecule has 2 aliphatic rings. The summed E-state index contributed by atoms with van der Waals surface area (Å²) in [6.45, 7) is 3.09. The van der Waals surface area contributed by atoms with Crippen LogP contribution >= 0.6 is 0 Å². The molecule has 3 rings (SSSR count). The van der Waals surface area contributed by atoms with Gasteiger partial charge in [0, 0.05) is 25.5 Å². The summed E-state index contributed by atoms with van der Waals surface area (Å²) in [5, 5.41) is 13.0. The van der Waals surface area contributed by atoms with Crippen molar-refractivity contribution in [3.63, 3.8) is 0 Å². The molecular weight excluding hydrogens is 500 g/mol. The number of benzene rings is 1. The van der Waals surface area contributed by atoms with Gasteiger partial charge in [0.15, 0.2) is 11.9 Å². The molecule has 2 unspecified atom stereocenters. The first-order valence-electron chi connectivity index (χ1n) is 12.8. The summed E-state index contributed by atoms with van der Waals surface area (Å²) in [6.07, 6.45) is 4.02. The number of methoxy groups -OCH3 is 1. The van der Waals surface area contributed by atoms with Crippen LogP contribution in [0.5, 0.6) is 0 Å². The zero-order valence-corrected chi connectivity index (χ0v) is 22.5. The Morgan fingerprint density at radius 1 is 1.11 bits per heavy atom. The van der Waals surface area contributed by atoms with Crippen molar-refractivity contribution in [2.45, 2.75) is 94.5 Å². The van der Waals surface area contributed by atoms with Crippen molar-refractivity contribution in [3.8, 4) is 0 Å². The summed E-state index contributed by atoms with van der Waals surface area (Å²) in [5.41, 5.74) is -2.45. The fourth-order valence-electron chi connectivity index (χ4n) is 5.48. The fourth-order valence-corrected chi connectivity index (χ4v) is 6.54. The number of nitrogens with one attached hydrogen (secondary N) is 2. The number of aliphatic carboxylic acids is 1. The molecule has 3 N–H and O–H groups in total. The van der Waals surface area contributed by atoms with E-state index in [0.717, 1.165) is 12.8 Å². The number of sulfonamides is 1. The summed E-state index contributed by atoms with van der Waals surface area (Å²) in [5.74, 6) is -2.34. The van der Waals surface area contributed by atoms with E-state index in [1.807, 2.05) is 0 Å². The normalized spacial score (nSPS) is 24.0. The first-order valence-corrected chi connectivity index (χ1v) is 14.3. The summed E-state index contributed by atoms with van der Waals surface area (Å²) in [6, 6.07) is 7.56. The molecule has 0 bridgehead atoms. The molecule has 0 radical (unpaired) electrons. The minimum atomic E-state index is -3.93. The van der Waals surface area contributed by atoms with Crippen molar-refractivity contribution in [2.24, 2.45) is 11.3 Å². The molecule has 0 aliphatic heterocycles. The quantitative estimate of drug-likeness (QED) is 0.364. The number of amides is 2. The van der Waals surface area contributed by atoms with E-state index >= 15 is 0 Å². The molecule has 0 spiro atoms. The molecule has 37 heavy (non-hydrogen) atoms. The first-order chi connectivity index (χ1) is 17.4. The Morgan fingerprint density at radius 3 is 2.24 bits per heavy atom. The molecular formula is C26H38N2O8S. The molecule has 0 heterocycles. The number of ether oxygens (including phenoxy) is 2. The van der Waals surface area contributed by atoms with Crippen LogP contribution in [0.25, 0.3) is 0 Å². The lowest BCUT2D eigenvalue weighted by molar-refractivity contribution is -0.212. The average molecular weight is 539 g/mol. The topological polar surface area (TPSA) is 148 Å². The van der Waals surface area contributed by atoms with Crippen molar-refractivity contribution in [2.75, 3.05) is 7.11 Å². The number of carbonyl (C=O) groups is 3. The average Bonchev–Trinajstić information content (AvgIpc) is 3.34. The lowest BCUT2D eigenvalue weighted by Gasteiger charge is -2.38. The van der Waals surface area contributed by atoms with E-state index in [9.17, 15) is 27.9 Å². The zero-order chi connectivity index (χ0) is 27.3. The van der Waals surface area contributed by atoms with Crippen LogP contribution in [0.3, 0.4) is 0 Å². The van der Waals surface area contributed by atoms with Crippen LogP contribution in [0, 0.1) is 11.3 Å². The molecule has 1 aromatic carbocycles. The van der Waals surface area contributed by atoms with Crippen molar-refractivity contribution in [1.82, 2.24) is 10.0 Å². The summed E-state index contributed by atoms with van der Waals surface area (Å²) < 4.78 is 37.9. The number of hydrogen-bond donors (Lipinski definition) is 3. The molecule has 2 fully saturated rings. The van der Waals surface area contributed by atoms with Gasteiger partial charge in [0.2, 0.25) is 11.8 Å². The molecule has 2 amide bonds. The molecule has 11 heteroatoms. The number of hydrogen-bond acceptors (Lipinski definition) is 7. The predicted molar refractivity (Wildman–Crippen MR) is 135 cm³/mol.